The first kappa shape index (κ1) is 26.2. The molecule has 0 atom stereocenters. The molecule has 3 aromatic heterocycles. The Balaban J connectivity index is 0.000000540. The standard InChI is InChI=1S/C25H20Cl2N6.CH4O3S/c26-16-7-4-8-17(27)20(16)23-31-21(15-5-2-1-3-6-15)22(32-23)18-11-12-19-24(29-18)33(25(28)30-19)13-14-9-10-14;1-5(2,3)4/h1-8,11-12,14H,9-10,13H2,(H2,28,30)(H,31,32);1H3,(H,2,3,4). The van der Waals surface area contributed by atoms with Crippen LogP contribution < -0.4 is 5.73 Å². The van der Waals surface area contributed by atoms with Crippen LogP contribution in [0.2, 0.25) is 10.0 Å². The van der Waals surface area contributed by atoms with Gasteiger partial charge in [-0.25, -0.2) is 15.0 Å². The molecule has 38 heavy (non-hydrogen) atoms. The van der Waals surface area contributed by atoms with E-state index in [4.69, 9.17) is 43.5 Å². The largest absolute Gasteiger partial charge is 0.369 e. The van der Waals surface area contributed by atoms with Crippen molar-refractivity contribution in [3.05, 3.63) is 70.7 Å². The molecule has 0 radical (unpaired) electrons. The van der Waals surface area contributed by atoms with Crippen LogP contribution in [0.1, 0.15) is 12.8 Å². The van der Waals surface area contributed by atoms with E-state index in [0.717, 1.165) is 40.4 Å². The maximum absolute atomic E-state index is 9.19. The molecule has 3 heterocycles. The summed E-state index contributed by atoms with van der Waals surface area (Å²) in [5.41, 5.74) is 11.7. The van der Waals surface area contributed by atoms with Gasteiger partial charge in [-0.15, -0.1) is 0 Å². The Morgan fingerprint density at radius 3 is 2.29 bits per heavy atom. The highest BCUT2D eigenvalue weighted by Gasteiger charge is 2.25. The number of anilines is 1. The average molecular weight is 571 g/mol. The average Bonchev–Trinajstić information content (AvgIpc) is 3.49. The number of rotatable bonds is 5. The molecule has 196 valence electrons. The summed E-state index contributed by atoms with van der Waals surface area (Å²) in [5.74, 6) is 1.74. The lowest BCUT2D eigenvalue weighted by atomic mass is 10.1. The molecule has 6 rings (SSSR count). The fourth-order valence-corrected chi connectivity index (χ4v) is 4.68. The van der Waals surface area contributed by atoms with Crippen molar-refractivity contribution < 1.29 is 13.0 Å². The van der Waals surface area contributed by atoms with Crippen LogP contribution in [0.15, 0.2) is 60.7 Å². The van der Waals surface area contributed by atoms with Gasteiger partial charge >= 0.3 is 0 Å². The molecule has 0 bridgehead atoms. The number of halogens is 2. The topological polar surface area (TPSA) is 140 Å². The quantitative estimate of drug-likeness (QED) is 0.221. The van der Waals surface area contributed by atoms with Crippen molar-refractivity contribution in [2.45, 2.75) is 19.4 Å². The number of aromatic nitrogens is 5. The van der Waals surface area contributed by atoms with Crippen LogP contribution in [-0.4, -0.2) is 43.7 Å². The van der Waals surface area contributed by atoms with Gasteiger partial charge in [-0.2, -0.15) is 8.42 Å². The minimum absolute atomic E-state index is 0.498. The molecule has 0 saturated heterocycles. The first-order chi connectivity index (χ1) is 18.1. The minimum Gasteiger partial charge on any atom is -0.369 e. The van der Waals surface area contributed by atoms with Gasteiger partial charge < -0.3 is 10.7 Å². The Bertz CT molecular complexity index is 1700. The molecular weight excluding hydrogens is 547 g/mol. The molecule has 12 heteroatoms. The number of pyridine rings is 1. The maximum Gasteiger partial charge on any atom is 0.261 e. The van der Waals surface area contributed by atoms with Gasteiger partial charge in [-0.3, -0.25) is 9.12 Å². The second kappa shape index (κ2) is 10.4. The van der Waals surface area contributed by atoms with Crippen molar-refractivity contribution in [3.63, 3.8) is 0 Å². The third kappa shape index (κ3) is 5.83. The second-order valence-electron chi connectivity index (χ2n) is 9.07. The van der Waals surface area contributed by atoms with E-state index in [0.29, 0.717) is 39.6 Å². The zero-order chi connectivity index (χ0) is 27.0. The third-order valence-electron chi connectivity index (χ3n) is 5.97. The lowest BCUT2D eigenvalue weighted by Crippen LogP contribution is -2.05. The van der Waals surface area contributed by atoms with E-state index in [2.05, 4.69) is 9.97 Å². The Morgan fingerprint density at radius 1 is 1.00 bits per heavy atom. The number of aromatic amines is 1. The summed E-state index contributed by atoms with van der Waals surface area (Å²) in [5, 5.41) is 1.06. The zero-order valence-corrected chi connectivity index (χ0v) is 22.6. The van der Waals surface area contributed by atoms with Gasteiger partial charge in [0.2, 0.25) is 5.95 Å². The molecule has 1 aliphatic rings. The number of nitrogens with two attached hydrogens (primary N) is 1. The van der Waals surface area contributed by atoms with Gasteiger partial charge in [0.25, 0.3) is 10.1 Å². The summed E-state index contributed by atoms with van der Waals surface area (Å²) in [6.07, 6.45) is 3.16. The van der Waals surface area contributed by atoms with Gasteiger partial charge in [-0.05, 0) is 43.0 Å². The summed E-state index contributed by atoms with van der Waals surface area (Å²) >= 11 is 13.0. The van der Waals surface area contributed by atoms with E-state index in [9.17, 15) is 8.42 Å². The predicted molar refractivity (Wildman–Crippen MR) is 151 cm³/mol. The maximum atomic E-state index is 9.19. The number of benzene rings is 2. The Morgan fingerprint density at radius 2 is 1.66 bits per heavy atom. The van der Waals surface area contributed by atoms with Crippen molar-refractivity contribution in [1.82, 2.24) is 24.5 Å². The number of hydrogen-bond acceptors (Lipinski definition) is 6. The van der Waals surface area contributed by atoms with Crippen LogP contribution in [0, 0.1) is 5.92 Å². The van der Waals surface area contributed by atoms with Crippen LogP contribution in [0.5, 0.6) is 0 Å². The Labute approximate surface area is 229 Å². The number of nitrogens with one attached hydrogen (secondary N) is 1. The van der Waals surface area contributed by atoms with Crippen molar-refractivity contribution in [1.29, 1.82) is 0 Å². The molecule has 0 spiro atoms. The first-order valence-electron chi connectivity index (χ1n) is 11.7. The van der Waals surface area contributed by atoms with Gasteiger partial charge in [0.05, 0.1) is 38.9 Å². The fourth-order valence-electron chi connectivity index (χ4n) is 4.10. The fraction of sp³-hybridized carbons (Fsp3) is 0.192. The van der Waals surface area contributed by atoms with Crippen molar-refractivity contribution in [3.8, 4) is 34.0 Å². The van der Waals surface area contributed by atoms with Gasteiger partial charge in [0.1, 0.15) is 11.3 Å². The van der Waals surface area contributed by atoms with Gasteiger partial charge in [0, 0.05) is 12.1 Å². The van der Waals surface area contributed by atoms with Crippen molar-refractivity contribution >= 4 is 50.4 Å². The molecule has 9 nitrogen and oxygen atoms in total. The van der Waals surface area contributed by atoms with Crippen LogP contribution in [0.25, 0.3) is 45.2 Å². The molecule has 0 aliphatic heterocycles. The van der Waals surface area contributed by atoms with Crippen LogP contribution >= 0.6 is 23.2 Å². The number of fused-ring (bicyclic) bond motifs is 1. The number of H-pyrrole nitrogens is 1. The lowest BCUT2D eigenvalue weighted by Gasteiger charge is -2.06. The molecule has 2 aromatic carbocycles. The molecule has 1 fully saturated rings. The highest BCUT2D eigenvalue weighted by molar-refractivity contribution is 7.85. The number of imidazole rings is 2. The summed E-state index contributed by atoms with van der Waals surface area (Å²) < 4.78 is 27.9. The number of hydrogen-bond donors (Lipinski definition) is 3. The van der Waals surface area contributed by atoms with Crippen LogP contribution in [0.3, 0.4) is 0 Å². The van der Waals surface area contributed by atoms with Gasteiger partial charge in [0.15, 0.2) is 5.65 Å². The zero-order valence-electron chi connectivity index (χ0n) is 20.3. The smallest absolute Gasteiger partial charge is 0.261 e. The van der Waals surface area contributed by atoms with E-state index < -0.39 is 10.1 Å². The van der Waals surface area contributed by atoms with E-state index >= 15 is 0 Å². The van der Waals surface area contributed by atoms with Gasteiger partial charge in [-0.1, -0.05) is 59.6 Å². The van der Waals surface area contributed by atoms with E-state index in [-0.39, 0.29) is 0 Å². The normalized spacial score (nSPS) is 13.4. The van der Waals surface area contributed by atoms with Crippen LogP contribution in [-0.2, 0) is 16.7 Å². The molecule has 0 unspecified atom stereocenters. The van der Waals surface area contributed by atoms with E-state index in [1.807, 2.05) is 53.1 Å². The summed E-state index contributed by atoms with van der Waals surface area (Å²) in [6.45, 7) is 0.841. The Hall–Kier alpha value is -3.44. The lowest BCUT2D eigenvalue weighted by molar-refractivity contribution is 0.490. The molecule has 4 N–H and O–H groups in total. The SMILES string of the molecule is CS(=O)(=O)O.Nc1nc2ccc(-c3[nH]c(-c4c(Cl)cccc4Cl)nc3-c3ccccc3)nc2n1CC1CC1. The highest BCUT2D eigenvalue weighted by Crippen LogP contribution is 2.38. The van der Waals surface area contributed by atoms with E-state index in [1.54, 1.807) is 12.1 Å². The highest BCUT2D eigenvalue weighted by atomic mass is 35.5. The predicted octanol–water partition coefficient (Wildman–Crippen LogP) is 5.96. The van der Waals surface area contributed by atoms with Crippen molar-refractivity contribution in [2.75, 3.05) is 12.0 Å². The minimum atomic E-state index is -3.67. The number of nitrogen functional groups attached to an aromatic ring is 1. The summed E-state index contributed by atoms with van der Waals surface area (Å²) in [4.78, 5) is 17.8. The number of nitrogens with zero attached hydrogens (tertiary/aromatic N) is 4. The first-order valence-corrected chi connectivity index (χ1v) is 14.3. The molecular formula is C26H24Cl2N6O3S. The van der Waals surface area contributed by atoms with Crippen LogP contribution in [0.4, 0.5) is 5.95 Å². The second-order valence-corrected chi connectivity index (χ2v) is 11.3. The monoisotopic (exact) mass is 570 g/mol. The molecule has 1 saturated carbocycles. The Kier molecular flexibility index (Phi) is 7.15. The van der Waals surface area contributed by atoms with Crippen molar-refractivity contribution in [2.24, 2.45) is 5.92 Å². The summed E-state index contributed by atoms with van der Waals surface area (Å²) in [7, 11) is -3.67. The molecule has 0 amide bonds. The van der Waals surface area contributed by atoms with E-state index in [1.165, 1.54) is 12.8 Å². The molecule has 5 aromatic rings. The summed E-state index contributed by atoms with van der Waals surface area (Å²) in [6, 6.07) is 19.3. The third-order valence-corrected chi connectivity index (χ3v) is 6.60. The molecule has 1 aliphatic carbocycles.